The highest BCUT2D eigenvalue weighted by Crippen LogP contribution is 2.15. The molecule has 8 heteroatoms. The molecular formula is C18H33N5O3. The minimum atomic E-state index is -0.761. The van der Waals surface area contributed by atoms with Crippen LogP contribution in [-0.4, -0.2) is 103 Å². The van der Waals surface area contributed by atoms with Crippen molar-refractivity contribution in [1.29, 1.82) is 0 Å². The highest BCUT2D eigenvalue weighted by atomic mass is 16.4. The highest BCUT2D eigenvalue weighted by Gasteiger charge is 2.28. The SMILES string of the molecule is O=C(O)CCN1CCCC(NC(=O)N2CCN(C3CCNCC3)CC2)C1. The second-order valence-corrected chi connectivity index (χ2v) is 7.74. The summed E-state index contributed by atoms with van der Waals surface area (Å²) in [7, 11) is 0. The van der Waals surface area contributed by atoms with E-state index < -0.39 is 5.97 Å². The van der Waals surface area contributed by atoms with Crippen molar-refractivity contribution in [3.63, 3.8) is 0 Å². The van der Waals surface area contributed by atoms with Crippen molar-refractivity contribution in [2.45, 2.75) is 44.2 Å². The van der Waals surface area contributed by atoms with Crippen molar-refractivity contribution in [2.75, 3.05) is 58.9 Å². The number of urea groups is 1. The average molecular weight is 367 g/mol. The van der Waals surface area contributed by atoms with Gasteiger partial charge in [-0.3, -0.25) is 9.69 Å². The number of carboxylic acids is 1. The van der Waals surface area contributed by atoms with Gasteiger partial charge in [0.05, 0.1) is 6.42 Å². The number of carbonyl (C=O) groups is 2. The van der Waals surface area contributed by atoms with Crippen LogP contribution in [0.3, 0.4) is 0 Å². The molecule has 0 bridgehead atoms. The van der Waals surface area contributed by atoms with E-state index in [1.165, 1.54) is 12.8 Å². The number of hydrogen-bond acceptors (Lipinski definition) is 5. The average Bonchev–Trinajstić information content (AvgIpc) is 2.67. The second-order valence-electron chi connectivity index (χ2n) is 7.74. The molecule has 148 valence electrons. The van der Waals surface area contributed by atoms with Crippen molar-refractivity contribution < 1.29 is 14.7 Å². The van der Waals surface area contributed by atoms with Gasteiger partial charge in [-0.15, -0.1) is 0 Å². The van der Waals surface area contributed by atoms with Gasteiger partial charge >= 0.3 is 12.0 Å². The van der Waals surface area contributed by atoms with Crippen LogP contribution in [0.4, 0.5) is 4.79 Å². The molecule has 3 aliphatic rings. The molecule has 3 aliphatic heterocycles. The smallest absolute Gasteiger partial charge is 0.317 e. The zero-order valence-electron chi connectivity index (χ0n) is 15.7. The van der Waals surface area contributed by atoms with Gasteiger partial charge in [-0.05, 0) is 45.3 Å². The van der Waals surface area contributed by atoms with Crippen LogP contribution in [-0.2, 0) is 4.79 Å². The summed E-state index contributed by atoms with van der Waals surface area (Å²) >= 11 is 0. The molecule has 1 atom stereocenters. The van der Waals surface area contributed by atoms with Crippen LogP contribution in [0.5, 0.6) is 0 Å². The molecule has 0 radical (unpaired) electrons. The van der Waals surface area contributed by atoms with Crippen LogP contribution in [0.25, 0.3) is 0 Å². The summed E-state index contributed by atoms with van der Waals surface area (Å²) < 4.78 is 0. The molecule has 3 fully saturated rings. The van der Waals surface area contributed by atoms with Gasteiger partial charge in [-0.25, -0.2) is 4.79 Å². The Kier molecular flexibility index (Phi) is 7.10. The zero-order chi connectivity index (χ0) is 18.4. The van der Waals surface area contributed by atoms with E-state index in [2.05, 4.69) is 20.4 Å². The molecule has 1 unspecified atom stereocenters. The van der Waals surface area contributed by atoms with Crippen LogP contribution in [0, 0.1) is 0 Å². The van der Waals surface area contributed by atoms with Crippen molar-refractivity contribution >= 4 is 12.0 Å². The van der Waals surface area contributed by atoms with Gasteiger partial charge in [0, 0.05) is 51.4 Å². The lowest BCUT2D eigenvalue weighted by Crippen LogP contribution is -2.58. The quantitative estimate of drug-likeness (QED) is 0.634. The Balaban J connectivity index is 1.39. The Labute approximate surface area is 155 Å². The van der Waals surface area contributed by atoms with E-state index in [-0.39, 0.29) is 18.5 Å². The third kappa shape index (κ3) is 5.56. The first-order chi connectivity index (χ1) is 12.6. The summed E-state index contributed by atoms with van der Waals surface area (Å²) in [6.07, 6.45) is 4.57. The van der Waals surface area contributed by atoms with Crippen LogP contribution >= 0.6 is 0 Å². The van der Waals surface area contributed by atoms with Gasteiger partial charge in [0.2, 0.25) is 0 Å². The van der Waals surface area contributed by atoms with E-state index in [1.54, 1.807) is 0 Å². The molecule has 3 heterocycles. The predicted octanol–water partition coefficient (Wildman–Crippen LogP) is 0.00470. The van der Waals surface area contributed by atoms with Crippen LogP contribution in [0.2, 0.25) is 0 Å². The number of nitrogens with zero attached hydrogens (tertiary/aromatic N) is 3. The van der Waals surface area contributed by atoms with E-state index in [1.807, 2.05) is 4.90 Å². The maximum absolute atomic E-state index is 12.6. The number of rotatable bonds is 5. The Morgan fingerprint density at radius 1 is 1.04 bits per heavy atom. The van der Waals surface area contributed by atoms with E-state index >= 15 is 0 Å². The third-order valence-electron chi connectivity index (χ3n) is 5.90. The molecule has 0 aromatic heterocycles. The molecule has 2 amide bonds. The van der Waals surface area contributed by atoms with Gasteiger partial charge < -0.3 is 25.5 Å². The number of carboxylic acid groups (broad SMARTS) is 1. The molecule has 0 saturated carbocycles. The number of carbonyl (C=O) groups excluding carboxylic acids is 1. The molecule has 3 rings (SSSR count). The first-order valence-electron chi connectivity index (χ1n) is 10.1. The van der Waals surface area contributed by atoms with Crippen molar-refractivity contribution in [1.82, 2.24) is 25.3 Å². The Hall–Kier alpha value is -1.38. The van der Waals surface area contributed by atoms with E-state index in [4.69, 9.17) is 5.11 Å². The molecule has 0 aromatic carbocycles. The van der Waals surface area contributed by atoms with Crippen LogP contribution < -0.4 is 10.6 Å². The maximum Gasteiger partial charge on any atom is 0.317 e. The normalized spacial score (nSPS) is 26.6. The largest absolute Gasteiger partial charge is 0.481 e. The van der Waals surface area contributed by atoms with Crippen molar-refractivity contribution in [3.05, 3.63) is 0 Å². The van der Waals surface area contributed by atoms with E-state index in [0.717, 1.165) is 65.2 Å². The molecule has 3 N–H and O–H groups in total. The number of nitrogens with one attached hydrogen (secondary N) is 2. The predicted molar refractivity (Wildman–Crippen MR) is 99.3 cm³/mol. The van der Waals surface area contributed by atoms with E-state index in [0.29, 0.717) is 12.6 Å². The first kappa shape index (κ1) is 19.4. The van der Waals surface area contributed by atoms with Crippen LogP contribution in [0.15, 0.2) is 0 Å². The Morgan fingerprint density at radius 3 is 2.46 bits per heavy atom. The topological polar surface area (TPSA) is 88.1 Å². The van der Waals surface area contributed by atoms with Gasteiger partial charge in [-0.2, -0.15) is 0 Å². The fourth-order valence-corrected chi connectivity index (χ4v) is 4.36. The lowest BCUT2D eigenvalue weighted by molar-refractivity contribution is -0.137. The molecule has 8 nitrogen and oxygen atoms in total. The van der Waals surface area contributed by atoms with Gasteiger partial charge in [-0.1, -0.05) is 0 Å². The van der Waals surface area contributed by atoms with Crippen LogP contribution in [0.1, 0.15) is 32.1 Å². The minimum absolute atomic E-state index is 0.0417. The fourth-order valence-electron chi connectivity index (χ4n) is 4.36. The highest BCUT2D eigenvalue weighted by molar-refractivity contribution is 5.74. The number of likely N-dealkylation sites (tertiary alicyclic amines) is 1. The minimum Gasteiger partial charge on any atom is -0.481 e. The number of amides is 2. The summed E-state index contributed by atoms with van der Waals surface area (Å²) in [4.78, 5) is 30.0. The summed E-state index contributed by atoms with van der Waals surface area (Å²) in [5.74, 6) is -0.761. The number of aliphatic carboxylic acids is 1. The van der Waals surface area contributed by atoms with Crippen molar-refractivity contribution in [2.24, 2.45) is 0 Å². The Morgan fingerprint density at radius 2 is 1.77 bits per heavy atom. The fraction of sp³-hybridized carbons (Fsp3) is 0.889. The van der Waals surface area contributed by atoms with Gasteiger partial charge in [0.25, 0.3) is 0 Å². The Bertz CT molecular complexity index is 475. The number of hydrogen-bond donors (Lipinski definition) is 3. The number of piperidine rings is 2. The third-order valence-corrected chi connectivity index (χ3v) is 5.90. The molecular weight excluding hydrogens is 334 g/mol. The maximum atomic E-state index is 12.6. The standard InChI is InChI=1S/C18H33N5O3/c24-17(25)5-9-21-8-1-2-15(14-21)20-18(26)23-12-10-22(11-13-23)16-3-6-19-7-4-16/h15-16,19H,1-14H2,(H,20,26)(H,24,25). The monoisotopic (exact) mass is 367 g/mol. The first-order valence-corrected chi connectivity index (χ1v) is 10.1. The molecule has 0 aromatic rings. The summed E-state index contributed by atoms with van der Waals surface area (Å²) in [6, 6.07) is 0.843. The molecule has 0 spiro atoms. The van der Waals surface area contributed by atoms with Gasteiger partial charge in [0.15, 0.2) is 0 Å². The molecule has 0 aliphatic carbocycles. The molecule has 3 saturated heterocycles. The van der Waals surface area contributed by atoms with Crippen molar-refractivity contribution in [3.8, 4) is 0 Å². The molecule has 26 heavy (non-hydrogen) atoms. The van der Waals surface area contributed by atoms with Gasteiger partial charge in [0.1, 0.15) is 0 Å². The lowest BCUT2D eigenvalue weighted by Gasteiger charge is -2.41. The summed E-state index contributed by atoms with van der Waals surface area (Å²) in [6.45, 7) is 7.98. The lowest BCUT2D eigenvalue weighted by atomic mass is 10.0. The summed E-state index contributed by atoms with van der Waals surface area (Å²) in [5.41, 5.74) is 0. The van der Waals surface area contributed by atoms with E-state index in [9.17, 15) is 9.59 Å². The zero-order valence-corrected chi connectivity index (χ0v) is 15.7. The summed E-state index contributed by atoms with van der Waals surface area (Å²) in [5, 5.41) is 15.4. The second kappa shape index (κ2) is 9.53. The number of piperazine rings is 1.